The summed E-state index contributed by atoms with van der Waals surface area (Å²) in [6.45, 7) is 9.13. The van der Waals surface area contributed by atoms with E-state index >= 15 is 0 Å². The molecular formula is C13H29N3O2S. The van der Waals surface area contributed by atoms with Crippen LogP contribution in [0.5, 0.6) is 0 Å². The van der Waals surface area contributed by atoms with Crippen molar-refractivity contribution >= 4 is 10.2 Å². The molecule has 0 aromatic rings. The molecule has 1 fully saturated rings. The molecule has 1 rings (SSSR count). The summed E-state index contributed by atoms with van der Waals surface area (Å²) in [5.41, 5.74) is 0. The van der Waals surface area contributed by atoms with E-state index in [0.717, 1.165) is 25.8 Å². The first-order chi connectivity index (χ1) is 8.84. The summed E-state index contributed by atoms with van der Waals surface area (Å²) >= 11 is 0. The van der Waals surface area contributed by atoms with Crippen molar-refractivity contribution in [1.82, 2.24) is 13.9 Å². The summed E-state index contributed by atoms with van der Waals surface area (Å²) in [5.74, 6) is 0.645. The second kappa shape index (κ2) is 7.57. The van der Waals surface area contributed by atoms with E-state index in [0.29, 0.717) is 31.6 Å². The van der Waals surface area contributed by atoms with Crippen LogP contribution in [0.2, 0.25) is 0 Å². The van der Waals surface area contributed by atoms with E-state index in [1.165, 1.54) is 4.31 Å². The Balaban J connectivity index is 2.39. The van der Waals surface area contributed by atoms with Crippen molar-refractivity contribution in [3.8, 4) is 0 Å². The van der Waals surface area contributed by atoms with Crippen LogP contribution in [0.25, 0.3) is 0 Å². The third-order valence-corrected chi connectivity index (χ3v) is 5.65. The molecule has 0 amide bonds. The second-order valence-electron chi connectivity index (χ2n) is 5.87. The predicted molar refractivity (Wildman–Crippen MR) is 79.3 cm³/mol. The van der Waals surface area contributed by atoms with Crippen LogP contribution in [-0.4, -0.2) is 56.3 Å². The summed E-state index contributed by atoms with van der Waals surface area (Å²) in [6.07, 6.45) is 2.79. The van der Waals surface area contributed by atoms with E-state index < -0.39 is 10.2 Å². The fourth-order valence-electron chi connectivity index (χ4n) is 2.22. The van der Waals surface area contributed by atoms with Gasteiger partial charge >= 0.3 is 0 Å². The molecule has 0 unspecified atom stereocenters. The zero-order valence-corrected chi connectivity index (χ0v) is 13.5. The predicted octanol–water partition coefficient (Wildman–Crippen LogP) is 1.28. The largest absolute Gasteiger partial charge is 0.314 e. The van der Waals surface area contributed by atoms with Gasteiger partial charge in [0.1, 0.15) is 0 Å². The molecule has 0 aromatic heterocycles. The lowest BCUT2D eigenvalue weighted by molar-refractivity contribution is 0.270. The quantitative estimate of drug-likeness (QED) is 0.719. The van der Waals surface area contributed by atoms with Gasteiger partial charge in [0.05, 0.1) is 0 Å². The minimum Gasteiger partial charge on any atom is -0.314 e. The topological polar surface area (TPSA) is 52.7 Å². The highest BCUT2D eigenvalue weighted by atomic mass is 32.2. The van der Waals surface area contributed by atoms with E-state index in [4.69, 9.17) is 0 Å². The Bertz CT molecular complexity index is 349. The lowest BCUT2D eigenvalue weighted by Crippen LogP contribution is -2.46. The Kier molecular flexibility index (Phi) is 6.73. The Morgan fingerprint density at radius 3 is 2.42 bits per heavy atom. The molecule has 19 heavy (non-hydrogen) atoms. The Morgan fingerprint density at radius 2 is 1.89 bits per heavy atom. The van der Waals surface area contributed by atoms with E-state index in [1.807, 2.05) is 0 Å². The van der Waals surface area contributed by atoms with Crippen LogP contribution in [0.15, 0.2) is 0 Å². The molecule has 5 nitrogen and oxygen atoms in total. The first-order valence-corrected chi connectivity index (χ1v) is 8.68. The van der Waals surface area contributed by atoms with Crippen LogP contribution < -0.4 is 5.32 Å². The van der Waals surface area contributed by atoms with Crippen LogP contribution in [-0.2, 0) is 10.2 Å². The molecule has 1 saturated heterocycles. The van der Waals surface area contributed by atoms with Crippen molar-refractivity contribution in [3.05, 3.63) is 0 Å². The van der Waals surface area contributed by atoms with E-state index in [-0.39, 0.29) is 0 Å². The standard InChI is InChI=1S/C13H29N3O2S/c1-12(2)14-8-5-9-15(4)19(17,18)16-10-6-13(3)7-11-16/h12-14H,5-11H2,1-4H3. The molecule has 6 heteroatoms. The maximum Gasteiger partial charge on any atom is 0.281 e. The summed E-state index contributed by atoms with van der Waals surface area (Å²) in [4.78, 5) is 0. The highest BCUT2D eigenvalue weighted by Gasteiger charge is 2.29. The van der Waals surface area contributed by atoms with Crippen molar-refractivity contribution < 1.29 is 8.42 Å². The van der Waals surface area contributed by atoms with Gasteiger partial charge in [-0.1, -0.05) is 20.8 Å². The second-order valence-corrected chi connectivity index (χ2v) is 7.91. The van der Waals surface area contributed by atoms with Gasteiger partial charge < -0.3 is 5.32 Å². The molecule has 0 aromatic carbocycles. The maximum atomic E-state index is 12.4. The molecule has 1 N–H and O–H groups in total. The van der Waals surface area contributed by atoms with Gasteiger partial charge in [-0.15, -0.1) is 0 Å². The van der Waals surface area contributed by atoms with Crippen LogP contribution in [0.4, 0.5) is 0 Å². The van der Waals surface area contributed by atoms with Crippen molar-refractivity contribution in [2.75, 3.05) is 33.2 Å². The Labute approximate surface area is 118 Å². The van der Waals surface area contributed by atoms with Gasteiger partial charge in [0.25, 0.3) is 10.2 Å². The lowest BCUT2D eigenvalue weighted by Gasteiger charge is -2.32. The zero-order chi connectivity index (χ0) is 14.5. The van der Waals surface area contributed by atoms with Gasteiger partial charge in [-0.3, -0.25) is 0 Å². The molecule has 0 spiro atoms. The van der Waals surface area contributed by atoms with Crippen LogP contribution >= 0.6 is 0 Å². The molecule has 0 bridgehead atoms. The van der Waals surface area contributed by atoms with E-state index in [2.05, 4.69) is 26.1 Å². The fourth-order valence-corrected chi connectivity index (χ4v) is 3.65. The SMILES string of the molecule is CC1CCN(S(=O)(=O)N(C)CCCNC(C)C)CC1. The summed E-state index contributed by atoms with van der Waals surface area (Å²) in [5, 5.41) is 3.30. The van der Waals surface area contributed by atoms with Gasteiger partial charge in [-0.2, -0.15) is 17.0 Å². The molecule has 0 aliphatic carbocycles. The average Bonchev–Trinajstić information content (AvgIpc) is 2.34. The van der Waals surface area contributed by atoms with Gasteiger partial charge in [0.15, 0.2) is 0 Å². The Morgan fingerprint density at radius 1 is 1.32 bits per heavy atom. The Hall–Kier alpha value is -0.170. The van der Waals surface area contributed by atoms with E-state index in [9.17, 15) is 8.42 Å². The minimum atomic E-state index is -3.25. The van der Waals surface area contributed by atoms with Gasteiger partial charge in [0, 0.05) is 32.7 Å². The van der Waals surface area contributed by atoms with Crippen LogP contribution in [0.3, 0.4) is 0 Å². The highest BCUT2D eigenvalue weighted by Crippen LogP contribution is 2.20. The molecule has 0 saturated carbocycles. The fraction of sp³-hybridized carbons (Fsp3) is 1.00. The van der Waals surface area contributed by atoms with Gasteiger partial charge in [0.2, 0.25) is 0 Å². The molecule has 0 radical (unpaired) electrons. The van der Waals surface area contributed by atoms with Crippen molar-refractivity contribution in [2.45, 2.75) is 46.1 Å². The van der Waals surface area contributed by atoms with Crippen LogP contribution in [0, 0.1) is 5.92 Å². The number of hydrogen-bond acceptors (Lipinski definition) is 3. The number of piperidine rings is 1. The maximum absolute atomic E-state index is 12.4. The van der Waals surface area contributed by atoms with Crippen LogP contribution in [0.1, 0.15) is 40.0 Å². The molecule has 1 heterocycles. The normalized spacial score (nSPS) is 19.5. The number of nitrogens with zero attached hydrogens (tertiary/aromatic N) is 2. The van der Waals surface area contributed by atoms with Crippen molar-refractivity contribution in [3.63, 3.8) is 0 Å². The molecule has 1 aliphatic rings. The minimum absolute atomic E-state index is 0.450. The highest BCUT2D eigenvalue weighted by molar-refractivity contribution is 7.86. The molecule has 114 valence electrons. The van der Waals surface area contributed by atoms with Crippen molar-refractivity contribution in [2.24, 2.45) is 5.92 Å². The number of rotatable bonds is 7. The summed E-state index contributed by atoms with van der Waals surface area (Å²) < 4.78 is 27.8. The van der Waals surface area contributed by atoms with Gasteiger partial charge in [-0.25, -0.2) is 0 Å². The van der Waals surface area contributed by atoms with E-state index in [1.54, 1.807) is 11.4 Å². The number of hydrogen-bond donors (Lipinski definition) is 1. The zero-order valence-electron chi connectivity index (χ0n) is 12.7. The third-order valence-electron chi connectivity index (χ3n) is 3.67. The molecule has 0 atom stereocenters. The number of nitrogens with one attached hydrogen (secondary N) is 1. The summed E-state index contributed by atoms with van der Waals surface area (Å²) in [6, 6.07) is 0.450. The first-order valence-electron chi connectivity index (χ1n) is 7.29. The lowest BCUT2D eigenvalue weighted by atomic mass is 10.0. The smallest absolute Gasteiger partial charge is 0.281 e. The van der Waals surface area contributed by atoms with Gasteiger partial charge in [-0.05, 0) is 31.7 Å². The monoisotopic (exact) mass is 291 g/mol. The average molecular weight is 291 g/mol. The van der Waals surface area contributed by atoms with Crippen molar-refractivity contribution in [1.29, 1.82) is 0 Å². The third kappa shape index (κ3) is 5.38. The molecule has 1 aliphatic heterocycles. The summed E-state index contributed by atoms with van der Waals surface area (Å²) in [7, 11) is -1.56. The molecular weight excluding hydrogens is 262 g/mol. The first kappa shape index (κ1) is 16.9.